The van der Waals surface area contributed by atoms with E-state index in [0.29, 0.717) is 6.61 Å². The van der Waals surface area contributed by atoms with Gasteiger partial charge in [-0.15, -0.1) is 0 Å². The summed E-state index contributed by atoms with van der Waals surface area (Å²) in [4.78, 5) is 0. The van der Waals surface area contributed by atoms with Crippen LogP contribution in [0.25, 0.3) is 0 Å². The Morgan fingerprint density at radius 3 is 2.11 bits per heavy atom. The van der Waals surface area contributed by atoms with Gasteiger partial charge >= 0.3 is 0 Å². The molecule has 3 nitrogen and oxygen atoms in total. The Kier molecular flexibility index (Phi) is 15.5. The third-order valence-corrected chi connectivity index (χ3v) is 3.19. The van der Waals surface area contributed by atoms with Gasteiger partial charge in [-0.1, -0.05) is 32.6 Å². The second-order valence-electron chi connectivity index (χ2n) is 5.49. The van der Waals surface area contributed by atoms with Crippen LogP contribution >= 0.6 is 0 Å². The molecule has 0 bridgehead atoms. The minimum atomic E-state index is 0. The fraction of sp³-hybridized carbons (Fsp3) is 1.00. The normalized spacial score (nSPS) is 11.3. The molecule has 0 radical (unpaired) electrons. The van der Waals surface area contributed by atoms with Crippen LogP contribution < -0.4 is 12.4 Å². The van der Waals surface area contributed by atoms with Gasteiger partial charge in [0.15, 0.2) is 0 Å². The van der Waals surface area contributed by atoms with Crippen LogP contribution in [0.1, 0.15) is 45.4 Å². The summed E-state index contributed by atoms with van der Waals surface area (Å²) < 4.78 is 6.34. The second kappa shape index (κ2) is 13.6. The molecule has 0 aliphatic carbocycles. The lowest BCUT2D eigenvalue weighted by Crippen LogP contribution is -3.00. The van der Waals surface area contributed by atoms with E-state index in [4.69, 9.17) is 9.84 Å². The van der Waals surface area contributed by atoms with E-state index in [-0.39, 0.29) is 19.0 Å². The smallest absolute Gasteiger partial charge is 0.102 e. The second-order valence-corrected chi connectivity index (χ2v) is 5.49. The van der Waals surface area contributed by atoms with E-state index in [1.165, 1.54) is 45.1 Å². The predicted octanol–water partition coefficient (Wildman–Crippen LogP) is -0.564. The first-order valence-electron chi connectivity index (χ1n) is 7.13. The van der Waals surface area contributed by atoms with Crippen molar-refractivity contribution in [2.45, 2.75) is 45.4 Å². The zero-order chi connectivity index (χ0) is 13.0. The Balaban J connectivity index is 0. The highest BCUT2D eigenvalue weighted by molar-refractivity contribution is 4.44. The minimum Gasteiger partial charge on any atom is -1.00 e. The molecule has 4 heteroatoms. The molecule has 0 aromatic heterocycles. The lowest BCUT2D eigenvalue weighted by molar-refractivity contribution is -0.891. The number of unbranched alkanes of at least 4 members (excludes halogenated alkanes) is 5. The van der Waals surface area contributed by atoms with Crippen molar-refractivity contribution in [3.05, 3.63) is 0 Å². The van der Waals surface area contributed by atoms with Gasteiger partial charge in [0.05, 0.1) is 40.5 Å². The summed E-state index contributed by atoms with van der Waals surface area (Å²) in [5.74, 6) is 0. The van der Waals surface area contributed by atoms with Crippen LogP contribution in [0.5, 0.6) is 0 Å². The molecule has 0 heterocycles. The fourth-order valence-electron chi connectivity index (χ4n) is 1.91. The van der Waals surface area contributed by atoms with Crippen molar-refractivity contribution in [1.82, 2.24) is 0 Å². The van der Waals surface area contributed by atoms with E-state index in [9.17, 15) is 0 Å². The van der Waals surface area contributed by atoms with Gasteiger partial charge in [-0.25, -0.2) is 0 Å². The van der Waals surface area contributed by atoms with E-state index in [2.05, 4.69) is 21.0 Å². The van der Waals surface area contributed by atoms with E-state index >= 15 is 0 Å². The summed E-state index contributed by atoms with van der Waals surface area (Å²) in [6.07, 6.45) is 8.16. The zero-order valence-corrected chi connectivity index (χ0v) is 13.2. The fourth-order valence-corrected chi connectivity index (χ4v) is 1.91. The number of ether oxygens (including phenoxy) is 1. The lowest BCUT2D eigenvalue weighted by Gasteiger charge is -2.29. The average molecular weight is 282 g/mol. The summed E-state index contributed by atoms with van der Waals surface area (Å²) in [5, 5.41) is 8.61. The number of nitrogens with zero attached hydrogens (tertiary/aromatic N) is 1. The largest absolute Gasteiger partial charge is 1.00 e. The van der Waals surface area contributed by atoms with Crippen LogP contribution in [0, 0.1) is 0 Å². The van der Waals surface area contributed by atoms with Crippen molar-refractivity contribution in [3.63, 3.8) is 0 Å². The average Bonchev–Trinajstić information content (AvgIpc) is 2.29. The summed E-state index contributed by atoms with van der Waals surface area (Å²) in [6, 6.07) is 0. The molecule has 112 valence electrons. The van der Waals surface area contributed by atoms with Crippen molar-refractivity contribution in [2.24, 2.45) is 0 Å². The molecule has 0 aliphatic heterocycles. The van der Waals surface area contributed by atoms with Gasteiger partial charge in [-0.3, -0.25) is 0 Å². The molecular weight excluding hydrogens is 250 g/mol. The lowest BCUT2D eigenvalue weighted by atomic mass is 10.1. The molecule has 0 amide bonds. The Hall–Kier alpha value is 0.170. The molecule has 0 fully saturated rings. The third-order valence-electron chi connectivity index (χ3n) is 3.19. The van der Waals surface area contributed by atoms with Gasteiger partial charge in [0, 0.05) is 0 Å². The molecule has 0 unspecified atom stereocenters. The van der Waals surface area contributed by atoms with E-state index < -0.39 is 0 Å². The third kappa shape index (κ3) is 14.2. The summed E-state index contributed by atoms with van der Waals surface area (Å²) in [7, 11) is 4.52. The molecular formula is C14H32ClNO2. The van der Waals surface area contributed by atoms with Crippen molar-refractivity contribution in [2.75, 3.05) is 47.0 Å². The first-order chi connectivity index (χ1) is 8.12. The van der Waals surface area contributed by atoms with E-state index in [1.54, 1.807) is 0 Å². The molecule has 0 saturated heterocycles. The minimum absolute atomic E-state index is 0. The Morgan fingerprint density at radius 1 is 0.889 bits per heavy atom. The number of aliphatic hydroxyl groups is 1. The standard InChI is InChI=1S/C14H32NO2.ClH/c1-4-5-6-7-8-9-10-15(2,3)11-13-17-14-12-16;/h16H,4-14H2,1-3H3;1H/q+1;/p-1. The Bertz CT molecular complexity index is 166. The first-order valence-corrected chi connectivity index (χ1v) is 7.13. The molecule has 0 aromatic rings. The van der Waals surface area contributed by atoms with Crippen LogP contribution in [0.2, 0.25) is 0 Å². The molecule has 0 spiro atoms. The van der Waals surface area contributed by atoms with Gasteiger partial charge in [0.1, 0.15) is 6.54 Å². The van der Waals surface area contributed by atoms with Crippen molar-refractivity contribution in [1.29, 1.82) is 0 Å². The number of quaternary nitrogens is 1. The maximum absolute atomic E-state index is 8.61. The number of aliphatic hydroxyl groups excluding tert-OH is 1. The number of halogens is 1. The molecule has 0 aliphatic rings. The van der Waals surface area contributed by atoms with Crippen LogP contribution in [-0.4, -0.2) is 56.6 Å². The number of rotatable bonds is 12. The highest BCUT2D eigenvalue weighted by Crippen LogP contribution is 2.08. The van der Waals surface area contributed by atoms with Crippen molar-refractivity contribution >= 4 is 0 Å². The summed E-state index contributed by atoms with van der Waals surface area (Å²) >= 11 is 0. The van der Waals surface area contributed by atoms with Gasteiger partial charge in [0.2, 0.25) is 0 Å². The Labute approximate surface area is 120 Å². The predicted molar refractivity (Wildman–Crippen MR) is 73.1 cm³/mol. The molecule has 0 aromatic carbocycles. The monoisotopic (exact) mass is 281 g/mol. The van der Waals surface area contributed by atoms with Crippen molar-refractivity contribution in [3.8, 4) is 0 Å². The SMILES string of the molecule is CCCCCCCC[N+](C)(C)CCOCCO.[Cl-]. The molecule has 0 rings (SSSR count). The Morgan fingerprint density at radius 2 is 1.50 bits per heavy atom. The van der Waals surface area contributed by atoms with Crippen LogP contribution in [0.3, 0.4) is 0 Å². The van der Waals surface area contributed by atoms with Gasteiger partial charge in [-0.2, -0.15) is 0 Å². The number of likely N-dealkylation sites (N-methyl/N-ethyl adjacent to an activating group) is 1. The summed E-state index contributed by atoms with van der Waals surface area (Å²) in [5.41, 5.74) is 0. The van der Waals surface area contributed by atoms with Crippen LogP contribution in [-0.2, 0) is 4.74 Å². The topological polar surface area (TPSA) is 29.5 Å². The number of hydrogen-bond donors (Lipinski definition) is 1. The zero-order valence-electron chi connectivity index (χ0n) is 12.5. The van der Waals surface area contributed by atoms with Crippen LogP contribution in [0.15, 0.2) is 0 Å². The highest BCUT2D eigenvalue weighted by Gasteiger charge is 2.13. The quantitative estimate of drug-likeness (QED) is 0.384. The maximum atomic E-state index is 8.61. The molecule has 18 heavy (non-hydrogen) atoms. The summed E-state index contributed by atoms with van der Waals surface area (Å²) in [6.45, 7) is 5.88. The van der Waals surface area contributed by atoms with Crippen LogP contribution in [0.4, 0.5) is 0 Å². The number of hydrogen-bond acceptors (Lipinski definition) is 2. The highest BCUT2D eigenvalue weighted by atomic mass is 35.5. The molecule has 1 N–H and O–H groups in total. The van der Waals surface area contributed by atoms with Gasteiger partial charge in [-0.05, 0) is 12.8 Å². The molecule has 0 saturated carbocycles. The van der Waals surface area contributed by atoms with Crippen molar-refractivity contribution < 1.29 is 26.7 Å². The van der Waals surface area contributed by atoms with E-state index in [0.717, 1.165) is 17.6 Å². The molecule has 0 atom stereocenters. The first kappa shape index (κ1) is 20.5. The maximum Gasteiger partial charge on any atom is 0.102 e. The van der Waals surface area contributed by atoms with Gasteiger partial charge in [0.25, 0.3) is 0 Å². The van der Waals surface area contributed by atoms with E-state index in [1.807, 2.05) is 0 Å². The van der Waals surface area contributed by atoms with Gasteiger partial charge < -0.3 is 26.7 Å².